The third-order valence-electron chi connectivity index (χ3n) is 3.21. The summed E-state index contributed by atoms with van der Waals surface area (Å²) >= 11 is 1.62. The van der Waals surface area contributed by atoms with Gasteiger partial charge in [0.1, 0.15) is 5.82 Å². The minimum atomic E-state index is -0.871. The van der Waals surface area contributed by atoms with Crippen LogP contribution in [0.5, 0.6) is 0 Å². The van der Waals surface area contributed by atoms with Gasteiger partial charge in [0.2, 0.25) is 0 Å². The minimum Gasteiger partial charge on any atom is -0.387 e. The Bertz CT molecular complexity index is 658. The number of carbonyl (C=O) groups excluding carboxylic acids is 1. The molecule has 2 rings (SSSR count). The molecule has 0 aliphatic heterocycles. The first-order valence-corrected chi connectivity index (χ1v) is 8.32. The number of aliphatic hydroxyl groups excluding tert-OH is 1. The van der Waals surface area contributed by atoms with E-state index in [1.807, 2.05) is 18.2 Å². The predicted molar refractivity (Wildman–Crippen MR) is 91.1 cm³/mol. The van der Waals surface area contributed by atoms with Gasteiger partial charge in [-0.25, -0.2) is 4.39 Å². The molecule has 0 aliphatic carbocycles. The van der Waals surface area contributed by atoms with Gasteiger partial charge in [0.25, 0.3) is 5.91 Å². The van der Waals surface area contributed by atoms with Crippen LogP contribution in [0.3, 0.4) is 0 Å². The smallest absolute Gasteiger partial charge is 0.252 e. The third-order valence-corrected chi connectivity index (χ3v) is 4.29. The van der Waals surface area contributed by atoms with Gasteiger partial charge in [-0.1, -0.05) is 38.1 Å². The lowest BCUT2D eigenvalue weighted by molar-refractivity contribution is 0.0913. The Kier molecular flexibility index (Phi) is 6.19. The van der Waals surface area contributed by atoms with Crippen molar-refractivity contribution in [1.82, 2.24) is 5.32 Å². The van der Waals surface area contributed by atoms with Crippen molar-refractivity contribution in [1.29, 1.82) is 0 Å². The Morgan fingerprint density at radius 2 is 1.83 bits per heavy atom. The SMILES string of the molecule is CC(C)Sc1ccccc1C(=O)NCC(O)c1ccc(F)cc1. The van der Waals surface area contributed by atoms with Crippen LogP contribution >= 0.6 is 11.8 Å². The number of nitrogens with one attached hydrogen (secondary N) is 1. The number of aliphatic hydroxyl groups is 1. The number of hydrogen-bond acceptors (Lipinski definition) is 3. The highest BCUT2D eigenvalue weighted by atomic mass is 32.2. The highest BCUT2D eigenvalue weighted by Crippen LogP contribution is 2.26. The van der Waals surface area contributed by atoms with Gasteiger partial charge in [0.15, 0.2) is 0 Å². The minimum absolute atomic E-state index is 0.0745. The Morgan fingerprint density at radius 3 is 2.48 bits per heavy atom. The molecule has 0 heterocycles. The second-order valence-corrected chi connectivity index (χ2v) is 7.06. The first kappa shape index (κ1) is 17.5. The largest absolute Gasteiger partial charge is 0.387 e. The molecule has 0 bridgehead atoms. The molecule has 0 aromatic heterocycles. The van der Waals surface area contributed by atoms with Crippen molar-refractivity contribution < 1.29 is 14.3 Å². The van der Waals surface area contributed by atoms with Crippen molar-refractivity contribution in [2.24, 2.45) is 0 Å². The molecular weight excluding hydrogens is 313 g/mol. The number of thioether (sulfide) groups is 1. The average Bonchev–Trinajstić information content (AvgIpc) is 2.53. The summed E-state index contributed by atoms with van der Waals surface area (Å²) in [6.07, 6.45) is -0.871. The van der Waals surface area contributed by atoms with E-state index in [1.54, 1.807) is 17.8 Å². The summed E-state index contributed by atoms with van der Waals surface area (Å²) < 4.78 is 12.9. The maximum Gasteiger partial charge on any atom is 0.252 e. The molecule has 0 spiro atoms. The van der Waals surface area contributed by atoms with E-state index in [2.05, 4.69) is 19.2 Å². The third kappa shape index (κ3) is 5.08. The summed E-state index contributed by atoms with van der Waals surface area (Å²) in [5.41, 5.74) is 1.16. The van der Waals surface area contributed by atoms with E-state index in [-0.39, 0.29) is 18.3 Å². The van der Waals surface area contributed by atoms with E-state index < -0.39 is 6.10 Å². The molecular formula is C18H20FNO2S. The lowest BCUT2D eigenvalue weighted by Gasteiger charge is -2.14. The maximum absolute atomic E-state index is 12.9. The Balaban J connectivity index is 2.01. The van der Waals surface area contributed by atoms with Gasteiger partial charge >= 0.3 is 0 Å². The number of halogens is 1. The van der Waals surface area contributed by atoms with Crippen LogP contribution in [-0.2, 0) is 0 Å². The zero-order valence-electron chi connectivity index (χ0n) is 13.1. The Morgan fingerprint density at radius 1 is 1.17 bits per heavy atom. The summed E-state index contributed by atoms with van der Waals surface area (Å²) in [7, 11) is 0. The molecule has 0 fully saturated rings. The summed E-state index contributed by atoms with van der Waals surface area (Å²) in [5.74, 6) is -0.584. The van der Waals surface area contributed by atoms with Crippen molar-refractivity contribution in [2.75, 3.05) is 6.54 Å². The monoisotopic (exact) mass is 333 g/mol. The van der Waals surface area contributed by atoms with Crippen LogP contribution < -0.4 is 5.32 Å². The van der Waals surface area contributed by atoms with E-state index in [0.29, 0.717) is 16.4 Å². The molecule has 0 radical (unpaired) electrons. The standard InChI is InChI=1S/C18H20FNO2S/c1-12(2)23-17-6-4-3-5-15(17)18(22)20-11-16(21)13-7-9-14(19)10-8-13/h3-10,12,16,21H,11H2,1-2H3,(H,20,22). The molecule has 2 aromatic rings. The number of amides is 1. The van der Waals surface area contributed by atoms with E-state index >= 15 is 0 Å². The highest BCUT2D eigenvalue weighted by molar-refractivity contribution is 8.00. The van der Waals surface area contributed by atoms with Crippen molar-refractivity contribution in [3.8, 4) is 0 Å². The fraction of sp³-hybridized carbons (Fsp3) is 0.278. The first-order valence-electron chi connectivity index (χ1n) is 7.45. The average molecular weight is 333 g/mol. The van der Waals surface area contributed by atoms with Gasteiger partial charge in [-0.3, -0.25) is 4.79 Å². The number of carbonyl (C=O) groups is 1. The van der Waals surface area contributed by atoms with Crippen LogP contribution in [0.15, 0.2) is 53.4 Å². The lowest BCUT2D eigenvalue weighted by Crippen LogP contribution is -2.28. The van der Waals surface area contributed by atoms with Crippen molar-refractivity contribution in [3.63, 3.8) is 0 Å². The van der Waals surface area contributed by atoms with E-state index in [9.17, 15) is 14.3 Å². The van der Waals surface area contributed by atoms with Gasteiger partial charge in [-0.05, 0) is 29.8 Å². The maximum atomic E-state index is 12.9. The van der Waals surface area contributed by atoms with Gasteiger partial charge < -0.3 is 10.4 Å². The van der Waals surface area contributed by atoms with Crippen LogP contribution in [-0.4, -0.2) is 22.8 Å². The molecule has 23 heavy (non-hydrogen) atoms. The van der Waals surface area contributed by atoms with Gasteiger partial charge in [-0.15, -0.1) is 11.8 Å². The summed E-state index contributed by atoms with van der Waals surface area (Å²) in [5, 5.41) is 13.2. The molecule has 1 atom stereocenters. The first-order chi connectivity index (χ1) is 11.0. The molecule has 1 unspecified atom stereocenters. The van der Waals surface area contributed by atoms with Crippen LogP contribution in [0.1, 0.15) is 35.9 Å². The van der Waals surface area contributed by atoms with Gasteiger partial charge in [-0.2, -0.15) is 0 Å². The summed E-state index contributed by atoms with van der Waals surface area (Å²) in [6, 6.07) is 13.0. The Labute approximate surface area is 139 Å². The zero-order chi connectivity index (χ0) is 16.8. The predicted octanol–water partition coefficient (Wildman–Crippen LogP) is 3.79. The fourth-order valence-electron chi connectivity index (χ4n) is 2.10. The van der Waals surface area contributed by atoms with Gasteiger partial charge in [0.05, 0.1) is 11.7 Å². The molecule has 1 amide bonds. The zero-order valence-corrected chi connectivity index (χ0v) is 13.9. The second kappa shape index (κ2) is 8.13. The molecule has 0 saturated heterocycles. The number of hydrogen-bond donors (Lipinski definition) is 2. The van der Waals surface area contributed by atoms with Crippen molar-refractivity contribution in [3.05, 3.63) is 65.5 Å². The molecule has 3 nitrogen and oxygen atoms in total. The normalized spacial score (nSPS) is 12.2. The molecule has 5 heteroatoms. The van der Waals surface area contributed by atoms with E-state index in [1.165, 1.54) is 24.3 Å². The topological polar surface area (TPSA) is 49.3 Å². The van der Waals surface area contributed by atoms with Gasteiger partial charge in [0, 0.05) is 16.7 Å². The quantitative estimate of drug-likeness (QED) is 0.791. The summed E-state index contributed by atoms with van der Waals surface area (Å²) in [6.45, 7) is 4.21. The van der Waals surface area contributed by atoms with Crippen LogP contribution in [0.2, 0.25) is 0 Å². The molecule has 122 valence electrons. The number of rotatable bonds is 6. The Hall–Kier alpha value is -1.85. The van der Waals surface area contributed by atoms with E-state index in [0.717, 1.165) is 4.90 Å². The van der Waals surface area contributed by atoms with Crippen molar-refractivity contribution >= 4 is 17.7 Å². The molecule has 2 aromatic carbocycles. The summed E-state index contributed by atoms with van der Waals surface area (Å²) in [4.78, 5) is 13.3. The molecule has 2 N–H and O–H groups in total. The second-order valence-electron chi connectivity index (χ2n) is 5.44. The lowest BCUT2D eigenvalue weighted by atomic mass is 10.1. The van der Waals surface area contributed by atoms with Crippen LogP contribution in [0.4, 0.5) is 4.39 Å². The highest BCUT2D eigenvalue weighted by Gasteiger charge is 2.14. The van der Waals surface area contributed by atoms with Crippen LogP contribution in [0, 0.1) is 5.82 Å². The molecule has 0 saturated carbocycles. The fourth-order valence-corrected chi connectivity index (χ4v) is 3.05. The van der Waals surface area contributed by atoms with E-state index in [4.69, 9.17) is 0 Å². The number of benzene rings is 2. The van der Waals surface area contributed by atoms with Crippen LogP contribution in [0.25, 0.3) is 0 Å². The van der Waals surface area contributed by atoms with Crippen molar-refractivity contribution in [2.45, 2.75) is 30.1 Å². The molecule has 0 aliphatic rings.